The molecule has 1 aliphatic rings. The van der Waals surface area contributed by atoms with Crippen LogP contribution in [0.1, 0.15) is 40.2 Å². The van der Waals surface area contributed by atoms with Crippen LogP contribution in [0.15, 0.2) is 12.3 Å². The Hall–Kier alpha value is -0.850. The molecule has 110 valence electrons. The number of hydrogen-bond donors (Lipinski definition) is 0. The van der Waals surface area contributed by atoms with Crippen LogP contribution in [0.4, 0.5) is 10.6 Å². The van der Waals surface area contributed by atoms with Gasteiger partial charge in [-0.25, -0.2) is 9.78 Å². The van der Waals surface area contributed by atoms with Crippen LogP contribution in [0.5, 0.6) is 0 Å². The second-order valence-corrected chi connectivity index (χ2v) is 7.62. The Morgan fingerprint density at radius 2 is 2.15 bits per heavy atom. The molecule has 0 radical (unpaired) electrons. The molecule has 1 amide bonds. The minimum absolute atomic E-state index is 0.114. The Balaban J connectivity index is 2.38. The average Bonchev–Trinajstić information content (AvgIpc) is 2.67. The molecule has 0 saturated carbocycles. The number of halogens is 1. The molecule has 0 aromatic carbocycles. The first kappa shape index (κ1) is 15.5. The molecule has 5 heteroatoms. The number of pyridine rings is 1. The van der Waals surface area contributed by atoms with Crippen molar-refractivity contribution in [2.75, 3.05) is 4.90 Å². The molecule has 1 aromatic rings. The molecular formula is C15H21IN2O2. The van der Waals surface area contributed by atoms with Crippen molar-refractivity contribution >= 4 is 34.5 Å². The second kappa shape index (κ2) is 5.50. The Morgan fingerprint density at radius 1 is 1.50 bits per heavy atom. The van der Waals surface area contributed by atoms with Gasteiger partial charge in [0.1, 0.15) is 11.4 Å². The molecule has 0 spiro atoms. The summed E-state index contributed by atoms with van der Waals surface area (Å²) < 4.78 is 6.70. The number of nitrogens with zero attached hydrogens (tertiary/aromatic N) is 2. The van der Waals surface area contributed by atoms with E-state index in [-0.39, 0.29) is 12.1 Å². The number of anilines is 1. The SMILES string of the molecule is CC(C)[C@@H]1Cc2c(I)ccnc2N1C(=O)OC(C)(C)C. The van der Waals surface area contributed by atoms with E-state index in [2.05, 4.69) is 41.4 Å². The smallest absolute Gasteiger partial charge is 0.416 e. The largest absolute Gasteiger partial charge is 0.443 e. The zero-order valence-electron chi connectivity index (χ0n) is 12.6. The van der Waals surface area contributed by atoms with E-state index in [1.165, 1.54) is 0 Å². The van der Waals surface area contributed by atoms with Crippen molar-refractivity contribution in [1.29, 1.82) is 0 Å². The Kier molecular flexibility index (Phi) is 4.27. The maximum atomic E-state index is 12.5. The van der Waals surface area contributed by atoms with Gasteiger partial charge in [-0.05, 0) is 61.8 Å². The third-order valence-electron chi connectivity index (χ3n) is 3.31. The predicted molar refractivity (Wildman–Crippen MR) is 88.0 cm³/mol. The molecule has 0 fully saturated rings. The first-order valence-electron chi connectivity index (χ1n) is 6.86. The van der Waals surface area contributed by atoms with E-state index in [4.69, 9.17) is 4.74 Å². The lowest BCUT2D eigenvalue weighted by Crippen LogP contribution is -2.44. The number of hydrogen-bond acceptors (Lipinski definition) is 3. The van der Waals surface area contributed by atoms with E-state index in [1.54, 1.807) is 11.1 Å². The molecule has 0 saturated heterocycles. The molecule has 0 N–H and O–H groups in total. The number of ether oxygens (including phenoxy) is 1. The zero-order chi connectivity index (χ0) is 15.1. The van der Waals surface area contributed by atoms with Crippen molar-refractivity contribution in [2.45, 2.75) is 52.7 Å². The van der Waals surface area contributed by atoms with Crippen molar-refractivity contribution in [3.63, 3.8) is 0 Å². The van der Waals surface area contributed by atoms with Crippen molar-refractivity contribution in [1.82, 2.24) is 4.98 Å². The maximum absolute atomic E-state index is 12.5. The van der Waals surface area contributed by atoms with Crippen LogP contribution in [0.25, 0.3) is 0 Å². The van der Waals surface area contributed by atoms with E-state index in [1.807, 2.05) is 26.8 Å². The summed E-state index contributed by atoms with van der Waals surface area (Å²) >= 11 is 2.30. The van der Waals surface area contributed by atoms with Crippen molar-refractivity contribution in [3.05, 3.63) is 21.4 Å². The van der Waals surface area contributed by atoms with Gasteiger partial charge < -0.3 is 4.74 Å². The summed E-state index contributed by atoms with van der Waals surface area (Å²) in [6, 6.07) is 2.10. The van der Waals surface area contributed by atoms with Crippen LogP contribution in [-0.4, -0.2) is 22.7 Å². The van der Waals surface area contributed by atoms with Gasteiger partial charge >= 0.3 is 6.09 Å². The topological polar surface area (TPSA) is 42.4 Å². The highest BCUT2D eigenvalue weighted by molar-refractivity contribution is 14.1. The van der Waals surface area contributed by atoms with E-state index < -0.39 is 5.60 Å². The quantitative estimate of drug-likeness (QED) is 0.683. The normalized spacial score (nSPS) is 18.4. The third kappa shape index (κ3) is 3.07. The number of carbonyl (C=O) groups excluding carboxylic acids is 1. The van der Waals surface area contributed by atoms with Crippen LogP contribution in [0.3, 0.4) is 0 Å². The number of rotatable bonds is 1. The van der Waals surface area contributed by atoms with Gasteiger partial charge in [0.15, 0.2) is 0 Å². The standard InChI is InChI=1S/C15H21IN2O2/c1-9(2)12-8-10-11(16)6-7-17-13(10)18(12)14(19)20-15(3,4)5/h6-7,9,12H,8H2,1-5H3/t12-/m0/s1. The van der Waals surface area contributed by atoms with Crippen LogP contribution >= 0.6 is 22.6 Å². The molecular weight excluding hydrogens is 367 g/mol. The molecule has 20 heavy (non-hydrogen) atoms. The van der Waals surface area contributed by atoms with E-state index in [0.29, 0.717) is 5.92 Å². The first-order valence-corrected chi connectivity index (χ1v) is 7.94. The fourth-order valence-electron chi connectivity index (χ4n) is 2.38. The van der Waals surface area contributed by atoms with Gasteiger partial charge in [-0.1, -0.05) is 13.8 Å². The fourth-order valence-corrected chi connectivity index (χ4v) is 3.00. The molecule has 0 aliphatic carbocycles. The van der Waals surface area contributed by atoms with E-state index in [9.17, 15) is 4.79 Å². The van der Waals surface area contributed by atoms with Gasteiger partial charge in [0.05, 0.1) is 0 Å². The van der Waals surface area contributed by atoms with Crippen LogP contribution < -0.4 is 4.90 Å². The summed E-state index contributed by atoms with van der Waals surface area (Å²) in [7, 11) is 0. The van der Waals surface area contributed by atoms with Gasteiger partial charge in [-0.15, -0.1) is 0 Å². The van der Waals surface area contributed by atoms with Crippen LogP contribution in [-0.2, 0) is 11.2 Å². The highest BCUT2D eigenvalue weighted by atomic mass is 127. The summed E-state index contributed by atoms with van der Waals surface area (Å²) in [5.41, 5.74) is 0.654. The molecule has 2 rings (SSSR count). The second-order valence-electron chi connectivity index (χ2n) is 6.46. The Labute approximate surface area is 134 Å². The van der Waals surface area contributed by atoms with Crippen LogP contribution in [0, 0.1) is 9.49 Å². The minimum atomic E-state index is -0.497. The minimum Gasteiger partial charge on any atom is -0.443 e. The van der Waals surface area contributed by atoms with Gasteiger partial charge in [0, 0.05) is 21.4 Å². The number of amides is 1. The van der Waals surface area contributed by atoms with Gasteiger partial charge in [-0.3, -0.25) is 4.90 Å². The maximum Gasteiger partial charge on any atom is 0.416 e. The van der Waals surface area contributed by atoms with Gasteiger partial charge in [0.2, 0.25) is 0 Å². The molecule has 4 nitrogen and oxygen atoms in total. The number of aromatic nitrogens is 1. The summed E-state index contributed by atoms with van der Waals surface area (Å²) in [5, 5.41) is 0. The molecule has 0 bridgehead atoms. The first-order chi connectivity index (χ1) is 9.20. The van der Waals surface area contributed by atoms with Crippen molar-refractivity contribution < 1.29 is 9.53 Å². The lowest BCUT2D eigenvalue weighted by Gasteiger charge is -2.30. The van der Waals surface area contributed by atoms with Gasteiger partial charge in [-0.2, -0.15) is 0 Å². The molecule has 2 heterocycles. The monoisotopic (exact) mass is 388 g/mol. The summed E-state index contributed by atoms with van der Waals surface area (Å²) in [6.45, 7) is 9.90. The molecule has 1 aliphatic heterocycles. The fraction of sp³-hybridized carbons (Fsp3) is 0.600. The Morgan fingerprint density at radius 3 is 2.70 bits per heavy atom. The highest BCUT2D eigenvalue weighted by Gasteiger charge is 2.39. The zero-order valence-corrected chi connectivity index (χ0v) is 14.8. The average molecular weight is 388 g/mol. The number of fused-ring (bicyclic) bond motifs is 1. The number of carbonyl (C=O) groups is 1. The molecule has 1 aromatic heterocycles. The van der Waals surface area contributed by atoms with Crippen LogP contribution in [0.2, 0.25) is 0 Å². The predicted octanol–water partition coefficient (Wildman–Crippen LogP) is 4.01. The van der Waals surface area contributed by atoms with Crippen molar-refractivity contribution in [2.24, 2.45) is 5.92 Å². The van der Waals surface area contributed by atoms with Gasteiger partial charge in [0.25, 0.3) is 0 Å². The summed E-state index contributed by atoms with van der Waals surface area (Å²) in [4.78, 5) is 18.6. The summed E-state index contributed by atoms with van der Waals surface area (Å²) in [6.07, 6.45) is 2.29. The molecule has 1 atom stereocenters. The Bertz CT molecular complexity index is 523. The highest BCUT2D eigenvalue weighted by Crippen LogP contribution is 2.36. The lowest BCUT2D eigenvalue weighted by molar-refractivity contribution is 0.0560. The van der Waals surface area contributed by atoms with Crippen molar-refractivity contribution in [3.8, 4) is 0 Å². The van der Waals surface area contributed by atoms with E-state index >= 15 is 0 Å². The molecule has 0 unspecified atom stereocenters. The van der Waals surface area contributed by atoms with E-state index in [0.717, 1.165) is 21.4 Å². The lowest BCUT2D eigenvalue weighted by atomic mass is 10.0. The third-order valence-corrected chi connectivity index (χ3v) is 4.32. The summed E-state index contributed by atoms with van der Waals surface area (Å²) in [5.74, 6) is 1.11.